The minimum atomic E-state index is -0.628. The first-order valence-electron chi connectivity index (χ1n) is 20.9. The van der Waals surface area contributed by atoms with Crippen molar-refractivity contribution in [2.45, 2.75) is 26.2 Å². The highest BCUT2D eigenvalue weighted by Crippen LogP contribution is 2.36. The van der Waals surface area contributed by atoms with Gasteiger partial charge in [0.2, 0.25) is 0 Å². The van der Waals surface area contributed by atoms with Crippen LogP contribution in [0.15, 0.2) is 139 Å². The number of carbonyl (C=O) groups excluding carboxylic acids is 4. The molecule has 13 nitrogen and oxygen atoms in total. The number of H-pyrrole nitrogens is 2. The van der Waals surface area contributed by atoms with Gasteiger partial charge in [-0.3, -0.25) is 24.4 Å². The Bertz CT molecular complexity index is 3140. The van der Waals surface area contributed by atoms with Gasteiger partial charge >= 0.3 is 12.2 Å². The number of Topliss-reactive ketones (excluding diaryl/α,β-unsaturated/α-hetero) is 2. The normalized spacial score (nSPS) is 13.8. The van der Waals surface area contributed by atoms with Gasteiger partial charge in [0.05, 0.1) is 61.3 Å². The van der Waals surface area contributed by atoms with Crippen LogP contribution in [0.5, 0.6) is 5.75 Å². The third-order valence-corrected chi connectivity index (χ3v) is 11.4. The number of para-hydroxylation sites is 2. The lowest BCUT2D eigenvalue weighted by molar-refractivity contribution is -0.115. The summed E-state index contributed by atoms with van der Waals surface area (Å²) in [4.78, 5) is 65.2. The molecule has 0 radical (unpaired) electrons. The molecule has 0 saturated carbocycles. The van der Waals surface area contributed by atoms with Gasteiger partial charge in [-0.2, -0.15) is 0 Å². The van der Waals surface area contributed by atoms with Crippen molar-refractivity contribution in [1.29, 1.82) is 0 Å². The third-order valence-electron chi connectivity index (χ3n) is 11.4. The first-order chi connectivity index (χ1) is 31.6. The van der Waals surface area contributed by atoms with Gasteiger partial charge in [-0.25, -0.2) is 14.0 Å². The van der Waals surface area contributed by atoms with E-state index >= 15 is 0 Å². The maximum absolute atomic E-state index is 14.4. The number of fused-ring (bicyclic) bond motifs is 6. The Morgan fingerprint density at radius 2 is 1.31 bits per heavy atom. The van der Waals surface area contributed by atoms with Crippen molar-refractivity contribution in [2.24, 2.45) is 0 Å². The van der Waals surface area contributed by atoms with Gasteiger partial charge in [-0.05, 0) is 41.0 Å². The van der Waals surface area contributed by atoms with E-state index in [1.807, 2.05) is 109 Å². The standard InChI is InChI=1S/C30H24FN3O4.C21H18N2O4/c1-37-26-12-11-19(13-21(26)31)14-23-29-27(20-9-5-6-10-22(20)33-29)28-24(32-23)15-34(16-25(28)35)30(36)38-17-18-7-3-2-4-8-18;24-18-11-23(21(26)27-13-14-6-2-1-3-7-14)12-19(25)20(18)16-10-22-17-9-5-4-8-15(16)17/h2-13,33H,14-17H2,1H3;1-10,22,24H,11-13H2. The van der Waals surface area contributed by atoms with Crippen molar-refractivity contribution < 1.29 is 42.9 Å². The highest BCUT2D eigenvalue weighted by Gasteiger charge is 2.34. The predicted octanol–water partition coefficient (Wildman–Crippen LogP) is 9.45. The zero-order chi connectivity index (χ0) is 45.0. The molecule has 10 rings (SSSR count). The zero-order valence-corrected chi connectivity index (χ0v) is 35.2. The van der Waals surface area contributed by atoms with Crippen LogP contribution in [0.1, 0.15) is 44.0 Å². The number of aromatic amines is 2. The minimum absolute atomic E-state index is 0.0613. The van der Waals surface area contributed by atoms with Gasteiger partial charge in [0.25, 0.3) is 0 Å². The molecule has 0 bridgehead atoms. The molecular weight excluding hydrogens is 830 g/mol. The fourth-order valence-corrected chi connectivity index (χ4v) is 8.27. The number of halogens is 1. The van der Waals surface area contributed by atoms with Crippen molar-refractivity contribution in [3.05, 3.63) is 184 Å². The number of nitrogens with one attached hydrogen (secondary N) is 2. The van der Waals surface area contributed by atoms with Crippen molar-refractivity contribution in [3.63, 3.8) is 0 Å². The van der Waals surface area contributed by atoms with Gasteiger partial charge in [-0.1, -0.05) is 103 Å². The number of aromatic nitrogens is 3. The van der Waals surface area contributed by atoms with Crippen LogP contribution >= 0.6 is 0 Å². The number of carbonyl (C=O) groups is 4. The molecule has 0 fully saturated rings. The molecule has 0 saturated heterocycles. The Hall–Kier alpha value is -8.26. The Morgan fingerprint density at radius 1 is 0.708 bits per heavy atom. The third kappa shape index (κ3) is 8.74. The lowest BCUT2D eigenvalue weighted by Gasteiger charge is -2.27. The summed E-state index contributed by atoms with van der Waals surface area (Å²) in [6.07, 6.45) is 0.825. The van der Waals surface area contributed by atoms with E-state index in [0.717, 1.165) is 43.8 Å². The van der Waals surface area contributed by atoms with Crippen LogP contribution in [0.4, 0.5) is 14.0 Å². The number of pyridine rings is 1. The highest BCUT2D eigenvalue weighted by molar-refractivity contribution is 6.26. The van der Waals surface area contributed by atoms with Crippen LogP contribution in [0.3, 0.4) is 0 Å². The smallest absolute Gasteiger partial charge is 0.410 e. The van der Waals surface area contributed by atoms with E-state index in [-0.39, 0.29) is 68.0 Å². The van der Waals surface area contributed by atoms with Gasteiger partial charge in [0, 0.05) is 45.4 Å². The van der Waals surface area contributed by atoms with Gasteiger partial charge in [-0.15, -0.1) is 0 Å². The van der Waals surface area contributed by atoms with E-state index in [4.69, 9.17) is 19.2 Å². The number of aliphatic hydroxyl groups is 1. The predicted molar refractivity (Wildman–Crippen MR) is 242 cm³/mol. The maximum atomic E-state index is 14.4. The Morgan fingerprint density at radius 3 is 1.95 bits per heavy atom. The average molecular weight is 872 g/mol. The molecule has 2 aliphatic heterocycles. The Kier molecular flexibility index (Phi) is 11.8. The zero-order valence-electron chi connectivity index (χ0n) is 35.2. The quantitative estimate of drug-likeness (QED) is 0.135. The Labute approximate surface area is 371 Å². The van der Waals surface area contributed by atoms with Gasteiger partial charge in [0.1, 0.15) is 19.0 Å². The van der Waals surface area contributed by atoms with Crippen LogP contribution in [-0.2, 0) is 40.4 Å². The van der Waals surface area contributed by atoms with E-state index in [1.165, 1.54) is 23.0 Å². The van der Waals surface area contributed by atoms with E-state index in [0.29, 0.717) is 34.5 Å². The van der Waals surface area contributed by atoms with Gasteiger partial charge < -0.3 is 29.3 Å². The number of hydrogen-bond donors (Lipinski definition) is 3. The van der Waals surface area contributed by atoms with Crippen molar-refractivity contribution >= 4 is 62.0 Å². The van der Waals surface area contributed by atoms with E-state index in [9.17, 15) is 28.7 Å². The van der Waals surface area contributed by atoms with Crippen LogP contribution < -0.4 is 4.74 Å². The molecule has 65 heavy (non-hydrogen) atoms. The molecule has 2 aliphatic rings. The molecule has 3 N–H and O–H groups in total. The summed E-state index contributed by atoms with van der Waals surface area (Å²) in [5.74, 6) is -0.948. The molecule has 2 amide bonds. The Balaban J connectivity index is 0.000000174. The number of hydrogen-bond acceptors (Lipinski definition) is 9. The molecule has 0 aliphatic carbocycles. The minimum Gasteiger partial charge on any atom is -0.510 e. The van der Waals surface area contributed by atoms with Crippen LogP contribution in [0.2, 0.25) is 0 Å². The van der Waals surface area contributed by atoms with Crippen LogP contribution in [-0.4, -0.2) is 80.4 Å². The second kappa shape index (κ2) is 18.2. The van der Waals surface area contributed by atoms with Crippen molar-refractivity contribution in [2.75, 3.05) is 26.7 Å². The molecule has 5 heterocycles. The number of ether oxygens (including phenoxy) is 3. The summed E-state index contributed by atoms with van der Waals surface area (Å²) < 4.78 is 30.2. The largest absolute Gasteiger partial charge is 0.510 e. The summed E-state index contributed by atoms with van der Waals surface area (Å²) in [6.45, 7) is 0.0688. The number of rotatable bonds is 8. The second-order valence-corrected chi connectivity index (χ2v) is 15.7. The summed E-state index contributed by atoms with van der Waals surface area (Å²) in [5, 5.41) is 13.0. The average Bonchev–Trinajstić information content (AvgIpc) is 3.93. The first-order valence-corrected chi connectivity index (χ1v) is 20.9. The molecular formula is C51H42FN5O8. The number of benzene rings is 5. The number of aliphatic hydroxyl groups excluding tert-OH is 1. The molecule has 3 aromatic heterocycles. The number of ketones is 2. The maximum Gasteiger partial charge on any atom is 0.410 e. The fraction of sp³-hybridized carbons (Fsp3) is 0.157. The van der Waals surface area contributed by atoms with E-state index in [2.05, 4.69) is 9.97 Å². The second-order valence-electron chi connectivity index (χ2n) is 15.7. The lowest BCUT2D eigenvalue weighted by Crippen LogP contribution is -2.41. The van der Waals surface area contributed by atoms with Gasteiger partial charge in [0.15, 0.2) is 23.1 Å². The summed E-state index contributed by atoms with van der Waals surface area (Å²) in [6, 6.07) is 38.7. The first kappa shape index (κ1) is 42.1. The lowest BCUT2D eigenvalue weighted by atomic mass is 9.95. The number of nitrogens with zero attached hydrogens (tertiary/aromatic N) is 3. The topological polar surface area (TPSA) is 167 Å². The monoisotopic (exact) mass is 871 g/mol. The molecule has 14 heteroatoms. The van der Waals surface area contributed by atoms with Crippen LogP contribution in [0.25, 0.3) is 38.3 Å². The molecule has 0 unspecified atom stereocenters. The summed E-state index contributed by atoms with van der Waals surface area (Å²) in [5.41, 5.74) is 7.46. The molecule has 0 atom stereocenters. The van der Waals surface area contributed by atoms with E-state index in [1.54, 1.807) is 18.3 Å². The van der Waals surface area contributed by atoms with Crippen LogP contribution in [0, 0.1) is 5.82 Å². The molecule has 0 spiro atoms. The summed E-state index contributed by atoms with van der Waals surface area (Å²) in [7, 11) is 1.42. The van der Waals surface area contributed by atoms with Crippen molar-refractivity contribution in [1.82, 2.24) is 24.8 Å². The highest BCUT2D eigenvalue weighted by atomic mass is 19.1. The fourth-order valence-electron chi connectivity index (χ4n) is 8.27. The molecule has 5 aromatic carbocycles. The number of methoxy groups -OCH3 is 1. The number of amides is 2. The van der Waals surface area contributed by atoms with Crippen molar-refractivity contribution in [3.8, 4) is 5.75 Å². The summed E-state index contributed by atoms with van der Waals surface area (Å²) >= 11 is 0. The molecule has 326 valence electrons. The van der Waals surface area contributed by atoms with E-state index < -0.39 is 18.0 Å². The molecule has 8 aromatic rings. The SMILES string of the molecule is COc1ccc(Cc2nc3c(c4c2[nH]c2ccccc24)C(=O)CN(C(=O)OCc2ccccc2)C3)cc1F.O=C1CN(C(=O)OCc2ccccc2)CC(O)=C1c1c[nH]c2ccccc12.